The molecule has 0 aromatic carbocycles. The van der Waals surface area contributed by atoms with Crippen molar-refractivity contribution in [2.24, 2.45) is 0 Å². The highest BCUT2D eigenvalue weighted by atomic mass is 32.2. The molecule has 1 aromatic rings. The molecule has 2 atom stereocenters. The number of nitrogens with zero attached hydrogens (tertiary/aromatic N) is 1. The minimum atomic E-state index is 0.141. The molecule has 4 heteroatoms. The Hall–Kier alpha value is -0.0600. The van der Waals surface area contributed by atoms with E-state index in [0.717, 1.165) is 24.0 Å². The predicted molar refractivity (Wildman–Crippen MR) is 78.1 cm³/mol. The number of hydrogen-bond acceptors (Lipinski definition) is 4. The topological polar surface area (TPSA) is 24.9 Å². The van der Waals surface area contributed by atoms with Gasteiger partial charge < -0.3 is 5.32 Å². The third-order valence-corrected chi connectivity index (χ3v) is 6.01. The summed E-state index contributed by atoms with van der Waals surface area (Å²) in [7, 11) is 0. The SMILES string of the molecule is CCNC1(c2nc(CC)c(C)s2)CSC(C)C1. The maximum Gasteiger partial charge on any atom is 0.114 e. The van der Waals surface area contributed by atoms with Gasteiger partial charge in [-0.1, -0.05) is 20.8 Å². The Kier molecular flexibility index (Phi) is 4.16. The zero-order valence-electron chi connectivity index (χ0n) is 11.2. The molecule has 2 heterocycles. The third kappa shape index (κ3) is 2.54. The van der Waals surface area contributed by atoms with Gasteiger partial charge in [-0.3, -0.25) is 0 Å². The standard InChI is InChI=1S/C13H22N2S2/c1-5-11-10(4)17-12(15-11)13(14-6-2)7-9(3)16-8-13/h9,14H,5-8H2,1-4H3. The molecule has 1 aliphatic rings. The normalized spacial score (nSPS) is 28.8. The van der Waals surface area contributed by atoms with E-state index in [0.29, 0.717) is 0 Å². The Morgan fingerprint density at radius 3 is 2.71 bits per heavy atom. The van der Waals surface area contributed by atoms with Gasteiger partial charge in [-0.25, -0.2) is 4.98 Å². The number of aryl methyl sites for hydroxylation is 2. The highest BCUT2D eigenvalue weighted by Crippen LogP contribution is 2.43. The second-order valence-corrected chi connectivity index (χ2v) is 7.44. The van der Waals surface area contributed by atoms with Crippen LogP contribution in [0.25, 0.3) is 0 Å². The molecule has 0 radical (unpaired) electrons. The molecule has 1 fully saturated rings. The van der Waals surface area contributed by atoms with Crippen molar-refractivity contribution in [1.29, 1.82) is 0 Å². The Morgan fingerprint density at radius 2 is 2.24 bits per heavy atom. The van der Waals surface area contributed by atoms with Crippen LogP contribution in [0, 0.1) is 6.92 Å². The summed E-state index contributed by atoms with van der Waals surface area (Å²) in [4.78, 5) is 6.27. The number of thioether (sulfide) groups is 1. The summed E-state index contributed by atoms with van der Waals surface area (Å²) in [6.07, 6.45) is 2.26. The second-order valence-electron chi connectivity index (χ2n) is 4.81. The molecule has 0 spiro atoms. The fourth-order valence-corrected chi connectivity index (χ4v) is 5.14. The molecule has 2 nitrogen and oxygen atoms in total. The average Bonchev–Trinajstić information content (AvgIpc) is 2.84. The Bertz CT molecular complexity index is 385. The number of aromatic nitrogens is 1. The Labute approximate surface area is 113 Å². The van der Waals surface area contributed by atoms with Gasteiger partial charge in [0.25, 0.3) is 0 Å². The number of thiazole rings is 1. The van der Waals surface area contributed by atoms with Crippen molar-refractivity contribution >= 4 is 23.1 Å². The van der Waals surface area contributed by atoms with Gasteiger partial charge in [-0.15, -0.1) is 11.3 Å². The lowest BCUT2D eigenvalue weighted by molar-refractivity contribution is 0.370. The van der Waals surface area contributed by atoms with Crippen molar-refractivity contribution in [3.8, 4) is 0 Å². The van der Waals surface area contributed by atoms with Crippen LogP contribution in [0.15, 0.2) is 0 Å². The van der Waals surface area contributed by atoms with Crippen molar-refractivity contribution in [3.05, 3.63) is 15.6 Å². The first-order chi connectivity index (χ1) is 8.11. The van der Waals surface area contributed by atoms with Gasteiger partial charge in [0, 0.05) is 15.9 Å². The van der Waals surface area contributed by atoms with E-state index in [1.165, 1.54) is 22.0 Å². The molecule has 2 unspecified atom stereocenters. The lowest BCUT2D eigenvalue weighted by Crippen LogP contribution is -2.42. The molecule has 1 saturated heterocycles. The maximum absolute atomic E-state index is 4.88. The van der Waals surface area contributed by atoms with Crippen LogP contribution < -0.4 is 5.32 Å². The molecule has 1 N–H and O–H groups in total. The molecular weight excluding hydrogens is 248 g/mol. The first-order valence-corrected chi connectivity index (χ1v) is 8.31. The highest BCUT2D eigenvalue weighted by Gasteiger charge is 2.41. The summed E-state index contributed by atoms with van der Waals surface area (Å²) in [6, 6.07) is 0. The van der Waals surface area contributed by atoms with E-state index in [4.69, 9.17) is 4.98 Å². The summed E-state index contributed by atoms with van der Waals surface area (Å²) in [6.45, 7) is 9.93. The fourth-order valence-electron chi connectivity index (χ4n) is 2.54. The molecule has 1 aromatic heterocycles. The van der Waals surface area contributed by atoms with Crippen LogP contribution in [0.3, 0.4) is 0 Å². The van der Waals surface area contributed by atoms with E-state index in [-0.39, 0.29) is 5.54 Å². The van der Waals surface area contributed by atoms with E-state index in [2.05, 4.69) is 44.8 Å². The van der Waals surface area contributed by atoms with Crippen LogP contribution in [-0.2, 0) is 12.0 Å². The molecule has 2 rings (SSSR count). The van der Waals surface area contributed by atoms with E-state index in [9.17, 15) is 0 Å². The van der Waals surface area contributed by atoms with Crippen LogP contribution in [0.2, 0.25) is 0 Å². The van der Waals surface area contributed by atoms with Gasteiger partial charge in [0.05, 0.1) is 11.2 Å². The van der Waals surface area contributed by atoms with Crippen LogP contribution in [0.5, 0.6) is 0 Å². The number of nitrogens with one attached hydrogen (secondary N) is 1. The number of rotatable bonds is 4. The van der Waals surface area contributed by atoms with E-state index in [1.807, 2.05) is 11.3 Å². The largest absolute Gasteiger partial charge is 0.305 e. The summed E-state index contributed by atoms with van der Waals surface area (Å²) in [5.74, 6) is 1.16. The zero-order valence-corrected chi connectivity index (χ0v) is 12.8. The molecule has 96 valence electrons. The minimum absolute atomic E-state index is 0.141. The first-order valence-electron chi connectivity index (χ1n) is 6.44. The summed E-state index contributed by atoms with van der Waals surface area (Å²) >= 11 is 3.96. The smallest absolute Gasteiger partial charge is 0.114 e. The monoisotopic (exact) mass is 270 g/mol. The van der Waals surface area contributed by atoms with Gasteiger partial charge in [0.15, 0.2) is 0 Å². The van der Waals surface area contributed by atoms with Crippen LogP contribution in [0.4, 0.5) is 0 Å². The van der Waals surface area contributed by atoms with Crippen molar-refractivity contribution in [2.75, 3.05) is 12.3 Å². The fraction of sp³-hybridized carbons (Fsp3) is 0.769. The second kappa shape index (κ2) is 5.29. The molecule has 0 aliphatic carbocycles. The van der Waals surface area contributed by atoms with Crippen LogP contribution in [-0.4, -0.2) is 22.5 Å². The third-order valence-electron chi connectivity index (χ3n) is 3.40. The summed E-state index contributed by atoms with van der Waals surface area (Å²) < 4.78 is 0. The van der Waals surface area contributed by atoms with Gasteiger partial charge in [-0.05, 0) is 26.3 Å². The summed E-state index contributed by atoms with van der Waals surface area (Å²) in [5.41, 5.74) is 1.42. The molecule has 17 heavy (non-hydrogen) atoms. The van der Waals surface area contributed by atoms with Crippen molar-refractivity contribution in [2.45, 2.75) is 51.3 Å². The minimum Gasteiger partial charge on any atom is -0.305 e. The molecule has 0 bridgehead atoms. The average molecular weight is 270 g/mol. The molecule has 1 aliphatic heterocycles. The number of hydrogen-bond donors (Lipinski definition) is 1. The van der Waals surface area contributed by atoms with Gasteiger partial charge >= 0.3 is 0 Å². The van der Waals surface area contributed by atoms with Gasteiger partial charge in [0.1, 0.15) is 5.01 Å². The summed E-state index contributed by atoms with van der Waals surface area (Å²) in [5, 5.41) is 5.75. The van der Waals surface area contributed by atoms with E-state index in [1.54, 1.807) is 0 Å². The van der Waals surface area contributed by atoms with Crippen molar-refractivity contribution < 1.29 is 0 Å². The van der Waals surface area contributed by atoms with E-state index < -0.39 is 0 Å². The van der Waals surface area contributed by atoms with Gasteiger partial charge in [-0.2, -0.15) is 11.8 Å². The highest BCUT2D eigenvalue weighted by molar-refractivity contribution is 8.00. The lowest BCUT2D eigenvalue weighted by atomic mass is 9.97. The molecular formula is C13H22N2S2. The van der Waals surface area contributed by atoms with Crippen molar-refractivity contribution in [1.82, 2.24) is 10.3 Å². The van der Waals surface area contributed by atoms with Gasteiger partial charge in [0.2, 0.25) is 0 Å². The molecule has 0 amide bonds. The maximum atomic E-state index is 4.88. The molecule has 0 saturated carbocycles. The zero-order chi connectivity index (χ0) is 12.5. The quantitative estimate of drug-likeness (QED) is 0.908. The van der Waals surface area contributed by atoms with Crippen LogP contribution in [0.1, 0.15) is 42.8 Å². The van der Waals surface area contributed by atoms with E-state index >= 15 is 0 Å². The van der Waals surface area contributed by atoms with Crippen LogP contribution >= 0.6 is 23.1 Å². The van der Waals surface area contributed by atoms with Crippen molar-refractivity contribution in [3.63, 3.8) is 0 Å². The Morgan fingerprint density at radius 1 is 1.47 bits per heavy atom. The Balaban J connectivity index is 2.32. The first kappa shape index (κ1) is 13.4. The lowest BCUT2D eigenvalue weighted by Gasteiger charge is -2.27. The predicted octanol–water partition coefficient (Wildman–Crippen LogP) is 3.34.